The Morgan fingerprint density at radius 2 is 2.23 bits per heavy atom. The van der Waals surface area contributed by atoms with E-state index >= 15 is 0 Å². The van der Waals surface area contributed by atoms with Crippen molar-refractivity contribution in [2.45, 2.75) is 31.7 Å². The zero-order valence-corrected chi connectivity index (χ0v) is 14.8. The van der Waals surface area contributed by atoms with Crippen LogP contribution in [0.2, 0.25) is 0 Å². The first-order chi connectivity index (χ1) is 10.1. The highest BCUT2D eigenvalue weighted by Gasteiger charge is 2.23. The number of nitrogens with one attached hydrogen (secondary N) is 1. The van der Waals surface area contributed by atoms with Crippen LogP contribution in [0, 0.1) is 5.82 Å². The average molecular weight is 395 g/mol. The van der Waals surface area contributed by atoms with Crippen molar-refractivity contribution in [2.75, 3.05) is 25.0 Å². The first-order valence-electron chi connectivity index (χ1n) is 7.29. The first-order valence-corrected chi connectivity index (χ1v) is 8.08. The van der Waals surface area contributed by atoms with Crippen molar-refractivity contribution >= 4 is 39.9 Å². The van der Waals surface area contributed by atoms with Crippen molar-refractivity contribution in [3.63, 3.8) is 0 Å². The number of carbonyl (C=O) groups is 1. The van der Waals surface area contributed by atoms with E-state index in [-0.39, 0.29) is 24.0 Å². The molecule has 1 heterocycles. The van der Waals surface area contributed by atoms with Crippen LogP contribution < -0.4 is 11.1 Å². The molecule has 1 aromatic rings. The summed E-state index contributed by atoms with van der Waals surface area (Å²) in [5.74, 6) is -0.616. The molecule has 1 aliphatic heterocycles. The fourth-order valence-electron chi connectivity index (χ4n) is 2.75. The molecular formula is C15H22BrClFN3O. The monoisotopic (exact) mass is 393 g/mol. The van der Waals surface area contributed by atoms with Gasteiger partial charge in [-0.3, -0.25) is 9.69 Å². The molecule has 1 unspecified atom stereocenters. The van der Waals surface area contributed by atoms with Gasteiger partial charge in [0.25, 0.3) is 0 Å². The number of carbonyl (C=O) groups excluding carboxylic acids is 1. The van der Waals surface area contributed by atoms with E-state index in [4.69, 9.17) is 5.73 Å². The number of hydrogen-bond donors (Lipinski definition) is 2. The minimum Gasteiger partial charge on any atom is -0.330 e. The highest BCUT2D eigenvalue weighted by Crippen LogP contribution is 2.21. The van der Waals surface area contributed by atoms with Crippen LogP contribution in [0.3, 0.4) is 0 Å². The SMILES string of the molecule is Cl.NCCC1CCCCN1CC(=O)Nc1ccc(Br)cc1F. The second kappa shape index (κ2) is 9.45. The summed E-state index contributed by atoms with van der Waals surface area (Å²) in [6, 6.07) is 4.97. The molecule has 1 saturated heterocycles. The minimum absolute atomic E-state index is 0. The van der Waals surface area contributed by atoms with Crippen LogP contribution in [0.1, 0.15) is 25.7 Å². The van der Waals surface area contributed by atoms with Gasteiger partial charge in [0.2, 0.25) is 5.91 Å². The van der Waals surface area contributed by atoms with Crippen molar-refractivity contribution in [3.05, 3.63) is 28.5 Å². The fraction of sp³-hybridized carbons (Fsp3) is 0.533. The molecule has 1 fully saturated rings. The fourth-order valence-corrected chi connectivity index (χ4v) is 3.09. The molecule has 3 N–H and O–H groups in total. The lowest BCUT2D eigenvalue weighted by Gasteiger charge is -2.35. The molecule has 1 amide bonds. The predicted molar refractivity (Wildman–Crippen MR) is 92.9 cm³/mol. The Kier molecular flexibility index (Phi) is 8.31. The second-order valence-corrected chi connectivity index (χ2v) is 6.29. The number of benzene rings is 1. The summed E-state index contributed by atoms with van der Waals surface area (Å²) in [6.45, 7) is 1.82. The molecule has 124 valence electrons. The standard InChI is InChI=1S/C15H21BrFN3O.ClH/c16-11-4-5-14(13(17)9-11)19-15(21)10-20-8-2-1-3-12(20)6-7-18;/h4-5,9,12H,1-3,6-8,10,18H2,(H,19,21);1H. The zero-order valence-electron chi connectivity index (χ0n) is 12.4. The molecule has 2 rings (SSSR count). The number of hydrogen-bond acceptors (Lipinski definition) is 3. The number of likely N-dealkylation sites (tertiary alicyclic amines) is 1. The van der Waals surface area contributed by atoms with Crippen LogP contribution in [0.5, 0.6) is 0 Å². The molecule has 22 heavy (non-hydrogen) atoms. The maximum atomic E-state index is 13.7. The summed E-state index contributed by atoms with van der Waals surface area (Å²) in [5.41, 5.74) is 5.85. The summed E-state index contributed by atoms with van der Waals surface area (Å²) in [7, 11) is 0. The molecule has 0 saturated carbocycles. The topological polar surface area (TPSA) is 58.4 Å². The average Bonchev–Trinajstić information content (AvgIpc) is 2.44. The maximum Gasteiger partial charge on any atom is 0.238 e. The molecule has 0 radical (unpaired) electrons. The van der Waals surface area contributed by atoms with Crippen LogP contribution in [0.4, 0.5) is 10.1 Å². The number of amides is 1. The van der Waals surface area contributed by atoms with E-state index in [0.29, 0.717) is 23.6 Å². The molecule has 0 aliphatic carbocycles. The Morgan fingerprint density at radius 3 is 2.91 bits per heavy atom. The normalized spacial score (nSPS) is 18.6. The van der Waals surface area contributed by atoms with Gasteiger partial charge >= 0.3 is 0 Å². The van der Waals surface area contributed by atoms with Gasteiger partial charge in [-0.05, 0) is 50.6 Å². The Morgan fingerprint density at radius 1 is 1.45 bits per heavy atom. The maximum absolute atomic E-state index is 13.7. The lowest BCUT2D eigenvalue weighted by Crippen LogP contribution is -2.44. The smallest absolute Gasteiger partial charge is 0.238 e. The first kappa shape index (κ1) is 19.4. The van der Waals surface area contributed by atoms with Crippen LogP contribution in [-0.2, 0) is 4.79 Å². The Bertz CT molecular complexity index is 502. The molecule has 0 aromatic heterocycles. The summed E-state index contributed by atoms with van der Waals surface area (Å²) in [5, 5.41) is 2.64. The number of anilines is 1. The van der Waals surface area contributed by atoms with Crippen molar-refractivity contribution in [1.29, 1.82) is 0 Å². The number of nitrogens with two attached hydrogens (primary N) is 1. The van der Waals surface area contributed by atoms with Gasteiger partial charge in [0.15, 0.2) is 0 Å². The molecule has 0 spiro atoms. The lowest BCUT2D eigenvalue weighted by molar-refractivity contribution is -0.118. The number of halogens is 3. The summed E-state index contributed by atoms with van der Waals surface area (Å²) < 4.78 is 14.4. The van der Waals surface area contributed by atoms with E-state index in [1.165, 1.54) is 12.5 Å². The lowest BCUT2D eigenvalue weighted by atomic mass is 9.99. The third kappa shape index (κ3) is 5.50. The highest BCUT2D eigenvalue weighted by molar-refractivity contribution is 9.10. The van der Waals surface area contributed by atoms with E-state index in [9.17, 15) is 9.18 Å². The number of nitrogens with zero attached hydrogens (tertiary/aromatic N) is 1. The van der Waals surface area contributed by atoms with Crippen molar-refractivity contribution in [1.82, 2.24) is 4.90 Å². The van der Waals surface area contributed by atoms with E-state index in [1.54, 1.807) is 12.1 Å². The van der Waals surface area contributed by atoms with Gasteiger partial charge in [-0.25, -0.2) is 4.39 Å². The van der Waals surface area contributed by atoms with Crippen LogP contribution >= 0.6 is 28.3 Å². The molecule has 1 atom stereocenters. The van der Waals surface area contributed by atoms with Crippen LogP contribution in [-0.4, -0.2) is 36.5 Å². The van der Waals surface area contributed by atoms with Gasteiger partial charge in [0.05, 0.1) is 12.2 Å². The third-order valence-corrected chi connectivity index (χ3v) is 4.29. The molecule has 0 bridgehead atoms. The van der Waals surface area contributed by atoms with Gasteiger partial charge in [0, 0.05) is 10.5 Å². The Balaban J connectivity index is 0.00000242. The van der Waals surface area contributed by atoms with Crippen molar-refractivity contribution < 1.29 is 9.18 Å². The van der Waals surface area contributed by atoms with Gasteiger partial charge in [-0.15, -0.1) is 12.4 Å². The molecule has 7 heteroatoms. The zero-order chi connectivity index (χ0) is 15.2. The van der Waals surface area contributed by atoms with Gasteiger partial charge in [-0.1, -0.05) is 22.4 Å². The van der Waals surface area contributed by atoms with Gasteiger partial charge in [0.1, 0.15) is 5.82 Å². The van der Waals surface area contributed by atoms with Crippen molar-refractivity contribution in [2.24, 2.45) is 5.73 Å². The summed E-state index contributed by atoms with van der Waals surface area (Å²) in [6.07, 6.45) is 4.27. The minimum atomic E-state index is -0.435. The third-order valence-electron chi connectivity index (χ3n) is 3.80. The van der Waals surface area contributed by atoms with E-state index in [0.717, 1.165) is 25.8 Å². The van der Waals surface area contributed by atoms with Crippen LogP contribution in [0.15, 0.2) is 22.7 Å². The van der Waals surface area contributed by atoms with Crippen molar-refractivity contribution in [3.8, 4) is 0 Å². The Hall–Kier alpha value is -0.690. The second-order valence-electron chi connectivity index (χ2n) is 5.37. The molecule has 4 nitrogen and oxygen atoms in total. The molecular weight excluding hydrogens is 373 g/mol. The van der Waals surface area contributed by atoms with E-state index < -0.39 is 5.82 Å². The number of rotatable bonds is 5. The summed E-state index contributed by atoms with van der Waals surface area (Å²) in [4.78, 5) is 14.3. The highest BCUT2D eigenvalue weighted by atomic mass is 79.9. The summed E-state index contributed by atoms with van der Waals surface area (Å²) >= 11 is 3.19. The predicted octanol–water partition coefficient (Wildman–Crippen LogP) is 3.15. The molecule has 1 aromatic carbocycles. The van der Waals surface area contributed by atoms with Gasteiger partial charge in [-0.2, -0.15) is 0 Å². The van der Waals surface area contributed by atoms with E-state index in [2.05, 4.69) is 26.1 Å². The number of piperidine rings is 1. The van der Waals surface area contributed by atoms with E-state index in [1.807, 2.05) is 0 Å². The van der Waals surface area contributed by atoms with Gasteiger partial charge < -0.3 is 11.1 Å². The largest absolute Gasteiger partial charge is 0.330 e. The quantitative estimate of drug-likeness (QED) is 0.806. The van der Waals surface area contributed by atoms with Crippen LogP contribution in [0.25, 0.3) is 0 Å². The Labute approximate surface area is 145 Å². The molecule has 1 aliphatic rings.